The fourth-order valence-electron chi connectivity index (χ4n) is 1.92. The van der Waals surface area contributed by atoms with Crippen molar-refractivity contribution in [2.45, 2.75) is 32.4 Å². The third-order valence-electron chi connectivity index (χ3n) is 2.89. The molecule has 0 spiro atoms. The molecule has 4 atom stereocenters. The van der Waals surface area contributed by atoms with E-state index in [1.807, 2.05) is 6.26 Å². The van der Waals surface area contributed by atoms with Gasteiger partial charge >= 0.3 is 0 Å². The normalized spacial score (nSPS) is 39.0. The second-order valence-corrected chi connectivity index (χ2v) is 5.56. The fourth-order valence-corrected chi connectivity index (χ4v) is 3.21. The van der Waals surface area contributed by atoms with Gasteiger partial charge in [0.15, 0.2) is 0 Å². The van der Waals surface area contributed by atoms with Crippen LogP contribution in [0.3, 0.4) is 0 Å². The summed E-state index contributed by atoms with van der Waals surface area (Å²) in [5.41, 5.74) is 1.40. The Hall–Kier alpha value is -0.110. The van der Waals surface area contributed by atoms with Crippen molar-refractivity contribution in [3.05, 3.63) is 11.6 Å². The SMILES string of the molecule is CC1=CC(S(C)=O)C(C)C(C)C1. The second kappa shape index (κ2) is 3.73. The summed E-state index contributed by atoms with van der Waals surface area (Å²) >= 11 is 0. The van der Waals surface area contributed by atoms with Gasteiger partial charge in [0.05, 0.1) is 5.25 Å². The summed E-state index contributed by atoms with van der Waals surface area (Å²) in [5.74, 6) is 1.25. The van der Waals surface area contributed by atoms with E-state index in [1.165, 1.54) is 12.0 Å². The predicted octanol–water partition coefficient (Wildman–Crippen LogP) is 2.36. The molecule has 0 aliphatic heterocycles. The van der Waals surface area contributed by atoms with Crippen molar-refractivity contribution in [1.82, 2.24) is 0 Å². The fraction of sp³-hybridized carbons (Fsp3) is 0.800. The van der Waals surface area contributed by atoms with Crippen LogP contribution in [0.1, 0.15) is 27.2 Å². The van der Waals surface area contributed by atoms with Crippen LogP contribution in [0.4, 0.5) is 0 Å². The van der Waals surface area contributed by atoms with Gasteiger partial charge in [0.25, 0.3) is 0 Å². The van der Waals surface area contributed by atoms with Gasteiger partial charge in [-0.2, -0.15) is 0 Å². The van der Waals surface area contributed by atoms with Crippen molar-refractivity contribution in [3.8, 4) is 0 Å². The van der Waals surface area contributed by atoms with Crippen LogP contribution in [0, 0.1) is 11.8 Å². The Labute approximate surface area is 77.7 Å². The third-order valence-corrected chi connectivity index (χ3v) is 4.22. The van der Waals surface area contributed by atoms with Gasteiger partial charge in [-0.05, 0) is 25.2 Å². The van der Waals surface area contributed by atoms with Crippen molar-refractivity contribution in [3.63, 3.8) is 0 Å². The van der Waals surface area contributed by atoms with E-state index in [0.29, 0.717) is 11.8 Å². The average molecular weight is 186 g/mol. The lowest BCUT2D eigenvalue weighted by Crippen LogP contribution is -2.29. The van der Waals surface area contributed by atoms with Gasteiger partial charge < -0.3 is 0 Å². The van der Waals surface area contributed by atoms with Gasteiger partial charge in [-0.1, -0.05) is 25.5 Å². The van der Waals surface area contributed by atoms with E-state index >= 15 is 0 Å². The zero-order valence-corrected chi connectivity index (χ0v) is 9.15. The molecule has 1 aliphatic carbocycles. The lowest BCUT2D eigenvalue weighted by molar-refractivity contribution is 0.374. The molecule has 0 aromatic rings. The smallest absolute Gasteiger partial charge is 0.0555 e. The van der Waals surface area contributed by atoms with Crippen molar-refractivity contribution in [1.29, 1.82) is 0 Å². The van der Waals surface area contributed by atoms with Crippen LogP contribution in [0.15, 0.2) is 11.6 Å². The highest BCUT2D eigenvalue weighted by Crippen LogP contribution is 2.31. The Morgan fingerprint density at radius 1 is 1.50 bits per heavy atom. The molecule has 0 saturated heterocycles. The number of rotatable bonds is 1. The zero-order valence-electron chi connectivity index (χ0n) is 8.33. The van der Waals surface area contributed by atoms with Crippen LogP contribution in [-0.4, -0.2) is 15.7 Å². The van der Waals surface area contributed by atoms with E-state index in [2.05, 4.69) is 26.8 Å². The molecule has 1 aliphatic rings. The first-order chi connectivity index (χ1) is 5.52. The molecule has 0 aromatic heterocycles. The number of allylic oxidation sites excluding steroid dienone is 1. The minimum absolute atomic E-state index is 0.286. The van der Waals surface area contributed by atoms with Gasteiger partial charge in [0, 0.05) is 17.1 Å². The van der Waals surface area contributed by atoms with Gasteiger partial charge in [0.1, 0.15) is 0 Å². The third kappa shape index (κ3) is 1.98. The van der Waals surface area contributed by atoms with Crippen LogP contribution in [-0.2, 0) is 10.8 Å². The lowest BCUT2D eigenvalue weighted by Gasteiger charge is -2.30. The first-order valence-corrected chi connectivity index (χ1v) is 6.14. The summed E-state index contributed by atoms with van der Waals surface area (Å²) in [6.07, 6.45) is 5.18. The van der Waals surface area contributed by atoms with Crippen LogP contribution in [0.5, 0.6) is 0 Å². The minimum atomic E-state index is -0.700. The summed E-state index contributed by atoms with van der Waals surface area (Å²) in [7, 11) is -0.700. The molecule has 0 bridgehead atoms. The van der Waals surface area contributed by atoms with Crippen molar-refractivity contribution in [2.75, 3.05) is 6.26 Å². The van der Waals surface area contributed by atoms with Crippen molar-refractivity contribution >= 4 is 10.8 Å². The highest BCUT2D eigenvalue weighted by atomic mass is 32.2. The Morgan fingerprint density at radius 2 is 2.08 bits per heavy atom. The maximum absolute atomic E-state index is 11.4. The Bertz CT molecular complexity index is 220. The highest BCUT2D eigenvalue weighted by Gasteiger charge is 2.27. The molecule has 1 nitrogen and oxygen atoms in total. The first kappa shape index (κ1) is 9.97. The molecule has 0 N–H and O–H groups in total. The van der Waals surface area contributed by atoms with Gasteiger partial charge in [0.2, 0.25) is 0 Å². The molecule has 0 heterocycles. The Kier molecular flexibility index (Phi) is 3.10. The summed E-state index contributed by atoms with van der Waals surface area (Å²) in [4.78, 5) is 0. The van der Waals surface area contributed by atoms with E-state index in [1.54, 1.807) is 0 Å². The molecule has 0 amide bonds. The van der Waals surface area contributed by atoms with Gasteiger partial charge in [-0.15, -0.1) is 0 Å². The zero-order chi connectivity index (χ0) is 9.30. The summed E-state index contributed by atoms with van der Waals surface area (Å²) in [6.45, 7) is 6.60. The molecule has 70 valence electrons. The molecule has 0 fully saturated rings. The molecule has 4 unspecified atom stereocenters. The molecule has 0 radical (unpaired) electrons. The molecule has 12 heavy (non-hydrogen) atoms. The van der Waals surface area contributed by atoms with Gasteiger partial charge in [-0.25, -0.2) is 0 Å². The quantitative estimate of drug-likeness (QED) is 0.575. The Balaban J connectivity index is 2.84. The largest absolute Gasteiger partial charge is 0.259 e. The van der Waals surface area contributed by atoms with E-state index < -0.39 is 10.8 Å². The average Bonchev–Trinajstić information content (AvgIpc) is 1.96. The number of hydrogen-bond acceptors (Lipinski definition) is 1. The molecule has 0 aromatic carbocycles. The molecular formula is C10H18OS. The van der Waals surface area contributed by atoms with Crippen LogP contribution < -0.4 is 0 Å². The second-order valence-electron chi connectivity index (χ2n) is 4.02. The predicted molar refractivity (Wildman–Crippen MR) is 54.6 cm³/mol. The Morgan fingerprint density at radius 3 is 2.58 bits per heavy atom. The molecule has 0 saturated carbocycles. The summed E-state index contributed by atoms with van der Waals surface area (Å²) < 4.78 is 11.4. The molecular weight excluding hydrogens is 168 g/mol. The van der Waals surface area contributed by atoms with E-state index in [4.69, 9.17) is 0 Å². The maximum Gasteiger partial charge on any atom is 0.0555 e. The van der Waals surface area contributed by atoms with Crippen LogP contribution in [0.25, 0.3) is 0 Å². The number of hydrogen-bond donors (Lipinski definition) is 0. The van der Waals surface area contributed by atoms with E-state index in [9.17, 15) is 4.21 Å². The highest BCUT2D eigenvalue weighted by molar-refractivity contribution is 7.85. The summed E-state index contributed by atoms with van der Waals surface area (Å²) in [6, 6.07) is 0. The summed E-state index contributed by atoms with van der Waals surface area (Å²) in [5, 5.41) is 0.286. The topological polar surface area (TPSA) is 17.1 Å². The van der Waals surface area contributed by atoms with Crippen molar-refractivity contribution < 1.29 is 4.21 Å². The van der Waals surface area contributed by atoms with E-state index in [-0.39, 0.29) is 5.25 Å². The maximum atomic E-state index is 11.4. The van der Waals surface area contributed by atoms with Gasteiger partial charge in [-0.3, -0.25) is 4.21 Å². The first-order valence-electron chi connectivity index (χ1n) is 4.52. The molecule has 2 heteroatoms. The van der Waals surface area contributed by atoms with E-state index in [0.717, 1.165) is 0 Å². The lowest BCUT2D eigenvalue weighted by atomic mass is 9.82. The monoisotopic (exact) mass is 186 g/mol. The van der Waals surface area contributed by atoms with Crippen LogP contribution in [0.2, 0.25) is 0 Å². The van der Waals surface area contributed by atoms with Crippen LogP contribution >= 0.6 is 0 Å². The minimum Gasteiger partial charge on any atom is -0.259 e. The van der Waals surface area contributed by atoms with Crippen molar-refractivity contribution in [2.24, 2.45) is 11.8 Å². The standard InChI is InChI=1S/C10H18OS/c1-7-5-8(2)9(3)10(6-7)12(4)11/h6,8-10H,5H2,1-4H3. The molecule has 1 rings (SSSR count).